The molecule has 0 saturated heterocycles. The average Bonchev–Trinajstić information content (AvgIpc) is 2.41. The van der Waals surface area contributed by atoms with Crippen LogP contribution >= 0.6 is 0 Å². The van der Waals surface area contributed by atoms with Gasteiger partial charge in [0, 0.05) is 18.1 Å². The van der Waals surface area contributed by atoms with Gasteiger partial charge in [-0.15, -0.1) is 0 Å². The number of nitrogens with zero attached hydrogens (tertiary/aromatic N) is 3. The summed E-state index contributed by atoms with van der Waals surface area (Å²) in [5, 5.41) is 2.61. The molecule has 0 aromatic carbocycles. The number of rotatable bonds is 4. The van der Waals surface area contributed by atoms with Gasteiger partial charge in [0.1, 0.15) is 5.69 Å². The number of anilines is 1. The molecule has 1 N–H and O–H groups in total. The van der Waals surface area contributed by atoms with Crippen LogP contribution in [0.4, 0.5) is 10.1 Å². The van der Waals surface area contributed by atoms with Crippen molar-refractivity contribution >= 4 is 11.6 Å². The Morgan fingerprint density at radius 2 is 2.06 bits per heavy atom. The van der Waals surface area contributed by atoms with Crippen molar-refractivity contribution in [1.82, 2.24) is 15.0 Å². The van der Waals surface area contributed by atoms with E-state index in [4.69, 9.17) is 0 Å². The normalized spacial score (nSPS) is 9.83. The van der Waals surface area contributed by atoms with Crippen LogP contribution in [0.2, 0.25) is 0 Å². The molecule has 1 amide bonds. The smallest absolute Gasteiger partial charge is 0.275 e. The molecule has 0 bridgehead atoms. The zero-order valence-corrected chi connectivity index (χ0v) is 9.21. The van der Waals surface area contributed by atoms with Gasteiger partial charge in [0.2, 0.25) is 12.7 Å². The van der Waals surface area contributed by atoms with Gasteiger partial charge in [0.05, 0.1) is 12.4 Å². The highest BCUT2D eigenvalue weighted by molar-refractivity contribution is 6.02. The summed E-state index contributed by atoms with van der Waals surface area (Å²) < 4.78 is 16.3. The first-order valence-corrected chi connectivity index (χ1v) is 5.02. The van der Waals surface area contributed by atoms with Gasteiger partial charge in [-0.2, -0.15) is 0 Å². The Morgan fingerprint density at radius 3 is 2.67 bits per heavy atom. The number of nitrogens with one attached hydrogen (secondary N) is 1. The van der Waals surface area contributed by atoms with E-state index in [0.29, 0.717) is 5.69 Å². The predicted octanol–water partition coefficient (Wildman–Crippen LogP) is 1.43. The van der Waals surface area contributed by atoms with Crippen LogP contribution in [-0.2, 0) is 0 Å². The number of hydrogen-bond donors (Lipinski definition) is 1. The highest BCUT2D eigenvalue weighted by Gasteiger charge is 2.08. The SMILES string of the molecule is O=C(Nc1ccncc1)c1cnc(OCF)cn1. The Hall–Kier alpha value is -2.57. The molecule has 0 radical (unpaired) electrons. The number of alkyl halides is 1. The molecule has 18 heavy (non-hydrogen) atoms. The monoisotopic (exact) mass is 248 g/mol. The number of halogens is 1. The fraction of sp³-hybridized carbons (Fsp3) is 0.0909. The summed E-state index contributed by atoms with van der Waals surface area (Å²) in [6.45, 7) is -0.989. The van der Waals surface area contributed by atoms with E-state index >= 15 is 0 Å². The van der Waals surface area contributed by atoms with E-state index in [1.807, 2.05) is 0 Å². The third kappa shape index (κ3) is 2.97. The Morgan fingerprint density at radius 1 is 1.28 bits per heavy atom. The quantitative estimate of drug-likeness (QED) is 0.885. The van der Waals surface area contributed by atoms with E-state index in [-0.39, 0.29) is 11.6 Å². The third-order valence-corrected chi connectivity index (χ3v) is 2.00. The van der Waals surface area contributed by atoms with E-state index in [1.54, 1.807) is 24.5 Å². The van der Waals surface area contributed by atoms with Gasteiger partial charge in [0.25, 0.3) is 5.91 Å². The second kappa shape index (κ2) is 5.67. The van der Waals surface area contributed by atoms with Crippen molar-refractivity contribution in [2.24, 2.45) is 0 Å². The maximum absolute atomic E-state index is 11.9. The van der Waals surface area contributed by atoms with Crippen LogP contribution in [0, 0.1) is 0 Å². The van der Waals surface area contributed by atoms with E-state index in [0.717, 1.165) is 0 Å². The minimum absolute atomic E-state index is 0.0259. The second-order valence-electron chi connectivity index (χ2n) is 3.18. The maximum Gasteiger partial charge on any atom is 0.275 e. The number of amides is 1. The summed E-state index contributed by atoms with van der Waals surface area (Å²) in [6, 6.07) is 3.29. The van der Waals surface area contributed by atoms with Crippen molar-refractivity contribution in [2.75, 3.05) is 12.2 Å². The molecule has 7 heteroatoms. The predicted molar refractivity (Wildman–Crippen MR) is 60.8 cm³/mol. The molecule has 0 atom stereocenters. The van der Waals surface area contributed by atoms with Gasteiger partial charge in [-0.1, -0.05) is 0 Å². The minimum atomic E-state index is -0.989. The zero-order valence-electron chi connectivity index (χ0n) is 9.21. The Bertz CT molecular complexity index is 518. The van der Waals surface area contributed by atoms with Gasteiger partial charge in [-0.05, 0) is 12.1 Å². The number of pyridine rings is 1. The van der Waals surface area contributed by atoms with Gasteiger partial charge in [-0.3, -0.25) is 9.78 Å². The minimum Gasteiger partial charge on any atom is -0.445 e. The van der Waals surface area contributed by atoms with Crippen molar-refractivity contribution in [3.8, 4) is 5.88 Å². The standard InChI is InChI=1S/C11H9FN4O2/c12-7-18-10-6-14-9(5-15-10)11(17)16-8-1-3-13-4-2-8/h1-6H,7H2,(H,13,16,17). The van der Waals surface area contributed by atoms with Crippen molar-refractivity contribution in [3.63, 3.8) is 0 Å². The van der Waals surface area contributed by atoms with Gasteiger partial charge < -0.3 is 10.1 Å². The lowest BCUT2D eigenvalue weighted by atomic mass is 10.3. The lowest BCUT2D eigenvalue weighted by Gasteiger charge is -2.04. The van der Waals surface area contributed by atoms with Crippen LogP contribution < -0.4 is 10.1 Å². The summed E-state index contributed by atoms with van der Waals surface area (Å²) in [5.41, 5.74) is 0.707. The summed E-state index contributed by atoms with van der Waals surface area (Å²) in [5.74, 6) is -0.390. The Labute approximate surface area is 102 Å². The van der Waals surface area contributed by atoms with Crippen LogP contribution in [0.15, 0.2) is 36.9 Å². The molecule has 0 fully saturated rings. The van der Waals surface area contributed by atoms with E-state index in [2.05, 4.69) is 25.0 Å². The van der Waals surface area contributed by atoms with Crippen molar-refractivity contribution in [2.45, 2.75) is 0 Å². The van der Waals surface area contributed by atoms with Crippen molar-refractivity contribution < 1.29 is 13.9 Å². The molecule has 6 nitrogen and oxygen atoms in total. The number of hydrogen-bond acceptors (Lipinski definition) is 5. The molecular formula is C11H9FN4O2. The van der Waals surface area contributed by atoms with Crippen LogP contribution in [0.3, 0.4) is 0 Å². The van der Waals surface area contributed by atoms with Crippen LogP contribution in [0.5, 0.6) is 5.88 Å². The number of ether oxygens (including phenoxy) is 1. The first-order chi connectivity index (χ1) is 8.79. The molecule has 2 aromatic rings. The summed E-state index contributed by atoms with van der Waals surface area (Å²) in [4.78, 5) is 23.1. The molecule has 2 aromatic heterocycles. The summed E-state index contributed by atoms with van der Waals surface area (Å²) in [7, 11) is 0. The first-order valence-electron chi connectivity index (χ1n) is 5.02. The fourth-order valence-electron chi connectivity index (χ4n) is 1.19. The molecule has 0 aliphatic heterocycles. The van der Waals surface area contributed by atoms with Crippen LogP contribution in [-0.4, -0.2) is 27.7 Å². The summed E-state index contributed by atoms with van der Waals surface area (Å²) in [6.07, 6.45) is 5.50. The molecule has 2 rings (SSSR count). The Balaban J connectivity index is 2.05. The fourth-order valence-corrected chi connectivity index (χ4v) is 1.19. The first kappa shape index (κ1) is 11.9. The maximum atomic E-state index is 11.9. The molecule has 92 valence electrons. The number of carbonyl (C=O) groups excluding carboxylic acids is 1. The highest BCUT2D eigenvalue weighted by atomic mass is 19.1. The van der Waals surface area contributed by atoms with Gasteiger partial charge >= 0.3 is 0 Å². The summed E-state index contributed by atoms with van der Waals surface area (Å²) >= 11 is 0. The lowest BCUT2D eigenvalue weighted by molar-refractivity contribution is 0.102. The second-order valence-corrected chi connectivity index (χ2v) is 3.18. The van der Waals surface area contributed by atoms with E-state index in [1.165, 1.54) is 12.4 Å². The topological polar surface area (TPSA) is 77.0 Å². The molecule has 0 unspecified atom stereocenters. The molecule has 0 saturated carbocycles. The highest BCUT2D eigenvalue weighted by Crippen LogP contribution is 2.08. The molecule has 0 aliphatic carbocycles. The third-order valence-electron chi connectivity index (χ3n) is 2.00. The molecular weight excluding hydrogens is 239 g/mol. The van der Waals surface area contributed by atoms with Gasteiger partial charge in [-0.25, -0.2) is 14.4 Å². The lowest BCUT2D eigenvalue weighted by Crippen LogP contribution is -2.14. The molecule has 2 heterocycles. The van der Waals surface area contributed by atoms with E-state index < -0.39 is 12.8 Å². The largest absolute Gasteiger partial charge is 0.445 e. The molecule has 0 aliphatic rings. The molecule has 0 spiro atoms. The zero-order chi connectivity index (χ0) is 12.8. The van der Waals surface area contributed by atoms with Crippen LogP contribution in [0.25, 0.3) is 0 Å². The van der Waals surface area contributed by atoms with Gasteiger partial charge in [0.15, 0.2) is 0 Å². The number of aromatic nitrogens is 3. The van der Waals surface area contributed by atoms with Crippen LogP contribution in [0.1, 0.15) is 10.5 Å². The van der Waals surface area contributed by atoms with Crippen molar-refractivity contribution in [3.05, 3.63) is 42.6 Å². The Kier molecular flexibility index (Phi) is 3.75. The average molecular weight is 248 g/mol. The van der Waals surface area contributed by atoms with Crippen molar-refractivity contribution in [1.29, 1.82) is 0 Å². The van der Waals surface area contributed by atoms with E-state index in [9.17, 15) is 9.18 Å². The number of carbonyl (C=O) groups is 1.